The Balaban J connectivity index is 1.46. The Morgan fingerprint density at radius 1 is 0.828 bits per heavy atom. The van der Waals surface area contributed by atoms with Gasteiger partial charge < -0.3 is 4.57 Å². The molecule has 5 rings (SSSR count). The lowest BCUT2D eigenvalue weighted by Crippen LogP contribution is -2.49. The number of benzene rings is 1. The van der Waals surface area contributed by atoms with E-state index in [1.165, 1.54) is 19.3 Å². The van der Waals surface area contributed by atoms with Gasteiger partial charge in [-0.05, 0) is 49.3 Å². The van der Waals surface area contributed by atoms with Crippen LogP contribution in [0.1, 0.15) is 61.6 Å². The average molecular weight is 413 g/mol. The molecular formula is C23H28N2O3S. The number of hydrogen-bond donors (Lipinski definition) is 0. The van der Waals surface area contributed by atoms with Crippen molar-refractivity contribution < 1.29 is 8.42 Å². The normalized spacial score (nSPS) is 25.5. The summed E-state index contributed by atoms with van der Waals surface area (Å²) in [6.07, 6.45) is 6.89. The summed E-state index contributed by atoms with van der Waals surface area (Å²) in [4.78, 5) is 13.6. The molecule has 29 heavy (non-hydrogen) atoms. The van der Waals surface area contributed by atoms with Gasteiger partial charge in [-0.2, -0.15) is 4.31 Å². The van der Waals surface area contributed by atoms with Crippen LogP contribution in [0.5, 0.6) is 0 Å². The Kier molecular flexibility index (Phi) is 4.87. The molecular weight excluding hydrogens is 384 g/mol. The van der Waals surface area contributed by atoms with E-state index in [9.17, 15) is 13.2 Å². The van der Waals surface area contributed by atoms with Gasteiger partial charge in [0.1, 0.15) is 0 Å². The fourth-order valence-electron chi connectivity index (χ4n) is 5.58. The number of fused-ring (bicyclic) bond motifs is 4. The van der Waals surface area contributed by atoms with Crippen LogP contribution in [0.4, 0.5) is 0 Å². The van der Waals surface area contributed by atoms with Crippen molar-refractivity contribution in [1.29, 1.82) is 0 Å². The molecule has 1 aliphatic carbocycles. The van der Waals surface area contributed by atoms with Gasteiger partial charge in [0.2, 0.25) is 10.0 Å². The molecule has 2 atom stereocenters. The molecule has 0 radical (unpaired) electrons. The summed E-state index contributed by atoms with van der Waals surface area (Å²) >= 11 is 0. The van der Waals surface area contributed by atoms with Crippen LogP contribution in [0.3, 0.4) is 0 Å². The van der Waals surface area contributed by atoms with Crippen LogP contribution in [0.2, 0.25) is 0 Å². The maximum atomic E-state index is 13.3. The van der Waals surface area contributed by atoms with Crippen molar-refractivity contribution in [3.63, 3.8) is 0 Å². The molecule has 1 saturated carbocycles. The maximum Gasteiger partial charge on any atom is 0.254 e. The van der Waals surface area contributed by atoms with Gasteiger partial charge in [-0.3, -0.25) is 4.79 Å². The third-order valence-corrected chi connectivity index (χ3v) is 8.87. The van der Waals surface area contributed by atoms with E-state index >= 15 is 0 Å². The van der Waals surface area contributed by atoms with Crippen molar-refractivity contribution in [2.45, 2.75) is 61.8 Å². The molecule has 2 bridgehead atoms. The number of rotatable bonds is 3. The molecule has 0 amide bonds. The van der Waals surface area contributed by atoms with Crippen LogP contribution in [0, 0.1) is 5.92 Å². The molecule has 2 fully saturated rings. The van der Waals surface area contributed by atoms with Crippen molar-refractivity contribution in [3.05, 3.63) is 64.1 Å². The van der Waals surface area contributed by atoms with Gasteiger partial charge in [0.05, 0.1) is 4.90 Å². The molecule has 2 aromatic rings. The second-order valence-corrected chi connectivity index (χ2v) is 10.8. The summed E-state index contributed by atoms with van der Waals surface area (Å²) in [5, 5.41) is 0. The van der Waals surface area contributed by atoms with E-state index in [1.54, 1.807) is 28.6 Å². The minimum Gasteiger partial charge on any atom is -0.312 e. The molecule has 1 aromatic heterocycles. The Hall–Kier alpha value is -1.92. The smallest absolute Gasteiger partial charge is 0.254 e. The molecule has 1 aromatic carbocycles. The lowest BCUT2D eigenvalue weighted by molar-refractivity contribution is 0.185. The highest BCUT2D eigenvalue weighted by Gasteiger charge is 2.40. The molecule has 0 spiro atoms. The van der Waals surface area contributed by atoms with Gasteiger partial charge in [0, 0.05) is 36.8 Å². The van der Waals surface area contributed by atoms with E-state index in [4.69, 9.17) is 0 Å². The third-order valence-electron chi connectivity index (χ3n) is 7.03. The Morgan fingerprint density at radius 3 is 2.34 bits per heavy atom. The first-order valence-corrected chi connectivity index (χ1v) is 12.3. The van der Waals surface area contributed by atoms with Gasteiger partial charge in [0.25, 0.3) is 5.56 Å². The molecule has 154 valence electrons. The Bertz CT molecular complexity index is 1060. The summed E-state index contributed by atoms with van der Waals surface area (Å²) in [5.74, 6) is 0.680. The SMILES string of the molecule is O=c1c(C2CCCCC2)ccc2n1C[C@H]1C[C@@H]2CN(S(=O)(=O)c2ccccc2)C1. The highest BCUT2D eigenvalue weighted by atomic mass is 32.2. The summed E-state index contributed by atoms with van der Waals surface area (Å²) in [5.41, 5.74) is 2.16. The number of piperidine rings is 1. The van der Waals surface area contributed by atoms with E-state index in [2.05, 4.69) is 6.07 Å². The van der Waals surface area contributed by atoms with Crippen LogP contribution in [-0.4, -0.2) is 30.4 Å². The van der Waals surface area contributed by atoms with E-state index < -0.39 is 10.0 Å². The van der Waals surface area contributed by atoms with Crippen LogP contribution in [-0.2, 0) is 16.6 Å². The van der Waals surface area contributed by atoms with E-state index in [-0.39, 0.29) is 17.4 Å². The first-order valence-electron chi connectivity index (χ1n) is 10.8. The first-order chi connectivity index (χ1) is 14.0. The topological polar surface area (TPSA) is 59.4 Å². The average Bonchev–Trinajstić information content (AvgIpc) is 2.75. The molecule has 5 nitrogen and oxygen atoms in total. The van der Waals surface area contributed by atoms with Gasteiger partial charge in [0.15, 0.2) is 0 Å². The monoisotopic (exact) mass is 412 g/mol. The fourth-order valence-corrected chi connectivity index (χ4v) is 7.16. The standard InChI is InChI=1S/C23H28N2O3S/c26-23-21(18-7-3-1-4-8-18)11-12-22-19-13-17(15-25(22)23)14-24(16-19)29(27,28)20-9-5-2-6-10-20/h2,5-6,9-12,17-19H,1,3-4,7-8,13-16H2/t17-,19+/m0/s1. The van der Waals surface area contributed by atoms with Crippen LogP contribution in [0.25, 0.3) is 0 Å². The van der Waals surface area contributed by atoms with E-state index in [1.807, 2.05) is 16.7 Å². The second kappa shape index (κ2) is 7.40. The van der Waals surface area contributed by atoms with Gasteiger partial charge in [-0.25, -0.2) is 8.42 Å². The predicted octanol–water partition coefficient (Wildman–Crippen LogP) is 3.70. The number of pyridine rings is 1. The van der Waals surface area contributed by atoms with Crippen molar-refractivity contribution in [2.24, 2.45) is 5.92 Å². The van der Waals surface area contributed by atoms with Gasteiger partial charge in [-0.15, -0.1) is 0 Å². The number of sulfonamides is 1. The molecule has 2 aliphatic heterocycles. The highest BCUT2D eigenvalue weighted by Crippen LogP contribution is 2.38. The summed E-state index contributed by atoms with van der Waals surface area (Å²) < 4.78 is 29.8. The Labute approximate surface area is 172 Å². The van der Waals surface area contributed by atoms with Crippen molar-refractivity contribution in [3.8, 4) is 0 Å². The number of nitrogens with zero attached hydrogens (tertiary/aromatic N) is 2. The lowest BCUT2D eigenvalue weighted by atomic mass is 9.81. The summed E-state index contributed by atoms with van der Waals surface area (Å²) in [7, 11) is -3.50. The van der Waals surface area contributed by atoms with Gasteiger partial charge in [-0.1, -0.05) is 43.5 Å². The van der Waals surface area contributed by atoms with Crippen LogP contribution in [0.15, 0.2) is 52.2 Å². The Morgan fingerprint density at radius 2 is 1.59 bits per heavy atom. The summed E-state index contributed by atoms with van der Waals surface area (Å²) in [6, 6.07) is 12.8. The van der Waals surface area contributed by atoms with Crippen molar-refractivity contribution in [2.75, 3.05) is 13.1 Å². The van der Waals surface area contributed by atoms with Crippen LogP contribution < -0.4 is 5.56 Å². The molecule has 6 heteroatoms. The lowest BCUT2D eigenvalue weighted by Gasteiger charge is -2.42. The zero-order valence-corrected chi connectivity index (χ0v) is 17.5. The van der Waals surface area contributed by atoms with E-state index in [0.29, 0.717) is 30.4 Å². The third kappa shape index (κ3) is 3.36. The molecule has 0 unspecified atom stereocenters. The zero-order chi connectivity index (χ0) is 20.0. The minimum absolute atomic E-state index is 0.0918. The molecule has 3 heterocycles. The van der Waals surface area contributed by atoms with Gasteiger partial charge >= 0.3 is 0 Å². The fraction of sp³-hybridized carbons (Fsp3) is 0.522. The molecule has 3 aliphatic rings. The maximum absolute atomic E-state index is 13.3. The largest absolute Gasteiger partial charge is 0.312 e. The van der Waals surface area contributed by atoms with Crippen molar-refractivity contribution in [1.82, 2.24) is 8.87 Å². The summed E-state index contributed by atoms with van der Waals surface area (Å²) in [6.45, 7) is 1.58. The van der Waals surface area contributed by atoms with E-state index in [0.717, 1.165) is 30.5 Å². The van der Waals surface area contributed by atoms with Crippen LogP contribution >= 0.6 is 0 Å². The molecule has 1 saturated heterocycles. The number of hydrogen-bond acceptors (Lipinski definition) is 3. The first kappa shape index (κ1) is 19.1. The van der Waals surface area contributed by atoms with Crippen molar-refractivity contribution >= 4 is 10.0 Å². The minimum atomic E-state index is -3.50. The second-order valence-electron chi connectivity index (χ2n) is 8.90. The quantitative estimate of drug-likeness (QED) is 0.772. The predicted molar refractivity (Wildman–Crippen MR) is 113 cm³/mol. The zero-order valence-electron chi connectivity index (χ0n) is 16.7. The number of aromatic nitrogens is 1. The molecule has 0 N–H and O–H groups in total. The highest BCUT2D eigenvalue weighted by molar-refractivity contribution is 7.89.